The number of anilines is 3. The van der Waals surface area contributed by atoms with Crippen LogP contribution in [-0.2, 0) is 5.41 Å². The largest absolute Gasteiger partial charge is 0.310 e. The van der Waals surface area contributed by atoms with Gasteiger partial charge in [0.15, 0.2) is 0 Å². The first-order valence-corrected chi connectivity index (χ1v) is 20.0. The maximum atomic E-state index is 10.6. The van der Waals surface area contributed by atoms with E-state index in [1.54, 1.807) is 0 Å². The summed E-state index contributed by atoms with van der Waals surface area (Å²) < 4.78 is 30.5. The lowest BCUT2D eigenvalue weighted by atomic mass is 9.67. The lowest BCUT2D eigenvalue weighted by Gasteiger charge is -2.35. The minimum absolute atomic E-state index is 0.000385. The number of hydrogen-bond donors (Lipinski definition) is 0. The van der Waals surface area contributed by atoms with Crippen LogP contribution in [0.4, 0.5) is 17.1 Å². The smallest absolute Gasteiger partial charge is 0.0714 e. The molecule has 2 unspecified atom stereocenters. The number of benzene rings is 7. The minimum Gasteiger partial charge on any atom is -0.310 e. The van der Waals surface area contributed by atoms with E-state index in [-0.39, 0.29) is 30.0 Å². The van der Waals surface area contributed by atoms with Gasteiger partial charge < -0.3 is 4.90 Å². The molecule has 7 aromatic carbocycles. The molecule has 0 radical (unpaired) electrons. The van der Waals surface area contributed by atoms with Gasteiger partial charge in [0.05, 0.1) is 9.53 Å². The molecule has 7 aromatic rings. The molecule has 10 rings (SSSR count). The Morgan fingerprint density at radius 2 is 1.14 bits per heavy atom. The van der Waals surface area contributed by atoms with Crippen LogP contribution in [0.3, 0.4) is 0 Å². The first kappa shape index (κ1) is 31.9. The second kappa shape index (κ2) is 15.0. The zero-order valence-electron chi connectivity index (χ0n) is 35.1. The van der Waals surface area contributed by atoms with Crippen LogP contribution in [0, 0.1) is 11.8 Å². The second-order valence-electron chi connectivity index (χ2n) is 15.1. The molecule has 58 heavy (non-hydrogen) atoms. The highest BCUT2D eigenvalue weighted by Gasteiger charge is 2.46. The van der Waals surface area contributed by atoms with Crippen molar-refractivity contribution in [2.24, 2.45) is 11.8 Å². The Bertz CT molecular complexity index is 2930. The maximum Gasteiger partial charge on any atom is 0.0714 e. The summed E-state index contributed by atoms with van der Waals surface area (Å²) in [4.78, 5) is 2.03. The highest BCUT2D eigenvalue weighted by atomic mass is 15.1. The van der Waals surface area contributed by atoms with E-state index in [0.717, 1.165) is 55.9 Å². The van der Waals surface area contributed by atoms with Crippen molar-refractivity contribution in [2.75, 3.05) is 4.90 Å². The third-order valence-electron chi connectivity index (χ3n) is 11.7. The van der Waals surface area contributed by atoms with Crippen molar-refractivity contribution in [1.82, 2.24) is 0 Å². The predicted octanol–water partition coefficient (Wildman–Crippen LogP) is 14.6. The lowest BCUT2D eigenvalue weighted by molar-refractivity contribution is 0.628. The van der Waals surface area contributed by atoms with E-state index in [2.05, 4.69) is 122 Å². The van der Waals surface area contributed by atoms with Gasteiger partial charge in [0.2, 0.25) is 0 Å². The van der Waals surface area contributed by atoms with Crippen LogP contribution in [0.5, 0.6) is 0 Å². The molecule has 1 heteroatoms. The molecular formula is C57H43N. The molecule has 3 aliphatic rings. The predicted molar refractivity (Wildman–Crippen MR) is 245 cm³/mol. The van der Waals surface area contributed by atoms with Gasteiger partial charge in [-0.3, -0.25) is 0 Å². The van der Waals surface area contributed by atoms with Crippen LogP contribution >= 0.6 is 0 Å². The van der Waals surface area contributed by atoms with Crippen molar-refractivity contribution in [2.45, 2.75) is 5.41 Å². The number of rotatable bonds is 8. The summed E-state index contributed by atoms with van der Waals surface area (Å²) >= 11 is 0. The van der Waals surface area contributed by atoms with E-state index in [0.29, 0.717) is 16.8 Å². The third-order valence-corrected chi connectivity index (χ3v) is 11.7. The molecule has 276 valence electrons. The Morgan fingerprint density at radius 3 is 1.88 bits per heavy atom. The highest BCUT2D eigenvalue weighted by molar-refractivity contribution is 5.90. The van der Waals surface area contributed by atoms with Crippen LogP contribution in [-0.4, -0.2) is 0 Å². The Kier molecular flexibility index (Phi) is 8.27. The van der Waals surface area contributed by atoms with Gasteiger partial charge in [-0.15, -0.1) is 0 Å². The second-order valence-corrected chi connectivity index (χ2v) is 15.1. The first-order chi connectivity index (χ1) is 29.9. The van der Waals surface area contributed by atoms with Crippen molar-refractivity contribution >= 4 is 23.1 Å². The molecule has 0 saturated carbocycles. The fourth-order valence-electron chi connectivity index (χ4n) is 9.10. The van der Waals surface area contributed by atoms with Crippen molar-refractivity contribution < 1.29 is 4.11 Å². The summed E-state index contributed by atoms with van der Waals surface area (Å²) in [6.07, 6.45) is 19.3. The van der Waals surface area contributed by atoms with Crippen LogP contribution in [0.1, 0.15) is 31.9 Å². The molecule has 1 nitrogen and oxygen atoms in total. The Morgan fingerprint density at radius 1 is 0.517 bits per heavy atom. The summed E-state index contributed by atoms with van der Waals surface area (Å²) in [5.41, 5.74) is 11.6. The topological polar surface area (TPSA) is 3.24 Å². The first-order valence-electron chi connectivity index (χ1n) is 21.5. The molecule has 2 atom stereocenters. The molecular weight excluding hydrogens is 699 g/mol. The van der Waals surface area contributed by atoms with E-state index in [1.807, 2.05) is 108 Å². The summed E-state index contributed by atoms with van der Waals surface area (Å²) in [5.74, 6) is 0.268. The van der Waals surface area contributed by atoms with E-state index >= 15 is 0 Å². The average molecular weight is 745 g/mol. The SMILES string of the molecule is [2H]c1c([2H])c(N(c2cccc(/C=C3\C=CC=CC3C3C=CC=CC3=C)c2)c2cccc(-c3ccccc3)c2)c([2H])c2c1-c1ccccc1C2(c1ccccc1)c1ccccc1. The van der Waals surface area contributed by atoms with Crippen LogP contribution < -0.4 is 4.90 Å². The fourth-order valence-corrected chi connectivity index (χ4v) is 9.10. The molecule has 0 saturated heterocycles. The fraction of sp³-hybridized carbons (Fsp3) is 0.0526. The number of nitrogens with zero attached hydrogens (tertiary/aromatic N) is 1. The summed E-state index contributed by atoms with van der Waals surface area (Å²) in [6.45, 7) is 4.38. The normalized spacial score (nSPS) is 18.7. The van der Waals surface area contributed by atoms with E-state index in [9.17, 15) is 4.11 Å². The molecule has 0 aliphatic heterocycles. The van der Waals surface area contributed by atoms with Gasteiger partial charge in [-0.2, -0.15) is 0 Å². The van der Waals surface area contributed by atoms with Crippen LogP contribution in [0.25, 0.3) is 28.3 Å². The molecule has 0 spiro atoms. The van der Waals surface area contributed by atoms with Crippen LogP contribution in [0.2, 0.25) is 0 Å². The molecule has 0 amide bonds. The van der Waals surface area contributed by atoms with E-state index < -0.39 is 5.41 Å². The lowest BCUT2D eigenvalue weighted by Crippen LogP contribution is -2.28. The Labute approximate surface area is 346 Å². The molecule has 0 aromatic heterocycles. The summed E-state index contributed by atoms with van der Waals surface area (Å²) in [6, 6.07) is 56.2. The molecule has 0 heterocycles. The number of hydrogen-bond acceptors (Lipinski definition) is 1. The maximum absolute atomic E-state index is 10.6. The average Bonchev–Trinajstić information content (AvgIpc) is 3.63. The minimum atomic E-state index is -0.920. The van der Waals surface area contributed by atoms with Gasteiger partial charge in [0.25, 0.3) is 0 Å². The van der Waals surface area contributed by atoms with Crippen molar-refractivity contribution in [3.8, 4) is 22.3 Å². The number of allylic oxidation sites excluding steroid dienone is 10. The van der Waals surface area contributed by atoms with Crippen molar-refractivity contribution in [3.63, 3.8) is 0 Å². The third kappa shape index (κ3) is 6.13. The Balaban J connectivity index is 1.23. The molecule has 0 bridgehead atoms. The highest BCUT2D eigenvalue weighted by Crippen LogP contribution is 2.57. The van der Waals surface area contributed by atoms with Gasteiger partial charge in [0, 0.05) is 28.9 Å². The van der Waals surface area contributed by atoms with Crippen molar-refractivity contribution in [3.05, 3.63) is 276 Å². The zero-order chi connectivity index (χ0) is 41.5. The van der Waals surface area contributed by atoms with Crippen molar-refractivity contribution in [1.29, 1.82) is 0 Å². The van der Waals surface area contributed by atoms with Gasteiger partial charge >= 0.3 is 0 Å². The summed E-state index contributed by atoms with van der Waals surface area (Å²) in [7, 11) is 0. The Hall–Kier alpha value is -7.22. The zero-order valence-corrected chi connectivity index (χ0v) is 32.1. The molecule has 3 aliphatic carbocycles. The quantitative estimate of drug-likeness (QED) is 0.150. The molecule has 0 fully saturated rings. The van der Waals surface area contributed by atoms with E-state index in [4.69, 9.17) is 0 Å². The van der Waals surface area contributed by atoms with Gasteiger partial charge in [0.1, 0.15) is 0 Å². The number of fused-ring (bicyclic) bond motifs is 3. The van der Waals surface area contributed by atoms with Gasteiger partial charge in [-0.1, -0.05) is 207 Å². The van der Waals surface area contributed by atoms with E-state index in [1.165, 1.54) is 5.57 Å². The monoisotopic (exact) mass is 744 g/mol. The van der Waals surface area contributed by atoms with Gasteiger partial charge in [-0.05, 0) is 97.6 Å². The standard InChI is InChI=1S/C57H43N/c1-41-19-11-13-31-51(41)52-32-14-12-23-45(52)37-42-20-17-29-48(38-42)58(49-30-18-24-44(39-49)43-21-5-2-6-22-43)50-35-36-54-53-33-15-16-34-55(53)57(56(54)40-50,46-25-7-3-8-26-46)47-27-9-4-10-28-47/h2-40,51-52H,1H2/b45-37+/i35D,36D,40D. The summed E-state index contributed by atoms with van der Waals surface area (Å²) in [5, 5.41) is 0. The van der Waals surface area contributed by atoms with Crippen LogP contribution in [0.15, 0.2) is 248 Å². The molecule has 0 N–H and O–H groups in total. The van der Waals surface area contributed by atoms with Gasteiger partial charge in [-0.25, -0.2) is 0 Å².